The number of para-hydroxylation sites is 1. The summed E-state index contributed by atoms with van der Waals surface area (Å²) in [6.45, 7) is 0.863. The standard InChI is InChI=1S/C14H16N2O2/c1-3-8-15-9-14(17)12-10-16(18-2)13-7-5-4-6-11(12)13/h1,4-7,10,14-15,17H,8-9H2,2H3. The van der Waals surface area contributed by atoms with Crippen LogP contribution in [0.1, 0.15) is 11.7 Å². The zero-order valence-electron chi connectivity index (χ0n) is 10.3. The predicted molar refractivity (Wildman–Crippen MR) is 71.1 cm³/mol. The normalized spacial score (nSPS) is 12.3. The molecule has 0 bridgehead atoms. The van der Waals surface area contributed by atoms with E-state index in [0.717, 1.165) is 16.5 Å². The van der Waals surface area contributed by atoms with Crippen molar-refractivity contribution in [1.82, 2.24) is 10.0 Å². The van der Waals surface area contributed by atoms with Gasteiger partial charge in [-0.1, -0.05) is 24.1 Å². The Morgan fingerprint density at radius 2 is 2.28 bits per heavy atom. The molecule has 1 aromatic carbocycles. The van der Waals surface area contributed by atoms with Gasteiger partial charge in [0.25, 0.3) is 0 Å². The monoisotopic (exact) mass is 244 g/mol. The van der Waals surface area contributed by atoms with E-state index in [1.165, 1.54) is 0 Å². The van der Waals surface area contributed by atoms with Gasteiger partial charge >= 0.3 is 0 Å². The third-order valence-electron chi connectivity index (χ3n) is 2.83. The molecule has 2 rings (SSSR count). The highest BCUT2D eigenvalue weighted by atomic mass is 16.6. The summed E-state index contributed by atoms with van der Waals surface area (Å²) in [4.78, 5) is 5.24. The minimum atomic E-state index is -0.611. The lowest BCUT2D eigenvalue weighted by Crippen LogP contribution is -2.21. The van der Waals surface area contributed by atoms with Crippen molar-refractivity contribution in [3.8, 4) is 12.3 Å². The van der Waals surface area contributed by atoms with Crippen molar-refractivity contribution in [2.45, 2.75) is 6.10 Å². The van der Waals surface area contributed by atoms with Gasteiger partial charge in [-0.15, -0.1) is 6.42 Å². The summed E-state index contributed by atoms with van der Waals surface area (Å²) in [5.41, 5.74) is 1.77. The van der Waals surface area contributed by atoms with Crippen LogP contribution < -0.4 is 10.2 Å². The molecule has 4 nitrogen and oxygen atoms in total. The molecule has 1 heterocycles. The Bertz CT molecular complexity index is 569. The molecule has 1 atom stereocenters. The minimum absolute atomic E-state index is 0.419. The highest BCUT2D eigenvalue weighted by molar-refractivity contribution is 5.84. The Morgan fingerprint density at radius 1 is 1.50 bits per heavy atom. The number of hydrogen-bond donors (Lipinski definition) is 2. The van der Waals surface area contributed by atoms with Crippen molar-refractivity contribution >= 4 is 10.9 Å². The van der Waals surface area contributed by atoms with Gasteiger partial charge in [0.1, 0.15) is 7.11 Å². The summed E-state index contributed by atoms with van der Waals surface area (Å²) >= 11 is 0. The van der Waals surface area contributed by atoms with E-state index in [2.05, 4.69) is 11.2 Å². The Balaban J connectivity index is 2.30. The fraction of sp³-hybridized carbons (Fsp3) is 0.286. The Hall–Kier alpha value is -1.96. The van der Waals surface area contributed by atoms with Gasteiger partial charge in [0.2, 0.25) is 0 Å². The van der Waals surface area contributed by atoms with Gasteiger partial charge in [-0.3, -0.25) is 0 Å². The molecule has 0 aliphatic carbocycles. The van der Waals surface area contributed by atoms with Crippen LogP contribution in [-0.2, 0) is 0 Å². The van der Waals surface area contributed by atoms with Crippen LogP contribution in [0.5, 0.6) is 0 Å². The highest BCUT2D eigenvalue weighted by Crippen LogP contribution is 2.25. The molecule has 2 N–H and O–H groups in total. The largest absolute Gasteiger partial charge is 0.417 e. The Kier molecular flexibility index (Phi) is 3.88. The first kappa shape index (κ1) is 12.5. The lowest BCUT2D eigenvalue weighted by Gasteiger charge is -2.09. The van der Waals surface area contributed by atoms with Gasteiger partial charge in [0.15, 0.2) is 0 Å². The van der Waals surface area contributed by atoms with Crippen LogP contribution in [-0.4, -0.2) is 30.0 Å². The highest BCUT2D eigenvalue weighted by Gasteiger charge is 2.15. The van der Waals surface area contributed by atoms with Gasteiger partial charge in [0, 0.05) is 17.5 Å². The quantitative estimate of drug-likeness (QED) is 0.608. The SMILES string of the molecule is C#CCNCC(O)c1cn(OC)c2ccccc12. The maximum Gasteiger partial charge on any atom is 0.104 e. The molecule has 2 aromatic rings. The lowest BCUT2D eigenvalue weighted by atomic mass is 10.1. The van der Waals surface area contributed by atoms with E-state index in [0.29, 0.717) is 13.1 Å². The second-order valence-electron chi connectivity index (χ2n) is 3.96. The third kappa shape index (κ3) is 2.33. The first-order chi connectivity index (χ1) is 8.77. The fourth-order valence-electron chi connectivity index (χ4n) is 1.98. The number of aliphatic hydroxyl groups is 1. The van der Waals surface area contributed by atoms with Gasteiger partial charge in [-0.25, -0.2) is 0 Å². The van der Waals surface area contributed by atoms with E-state index < -0.39 is 6.10 Å². The second-order valence-corrected chi connectivity index (χ2v) is 3.96. The van der Waals surface area contributed by atoms with Crippen LogP contribution in [0.15, 0.2) is 30.5 Å². The number of hydrogen-bond acceptors (Lipinski definition) is 3. The molecule has 4 heteroatoms. The lowest BCUT2D eigenvalue weighted by molar-refractivity contribution is 0.164. The summed E-state index contributed by atoms with van der Waals surface area (Å²) < 4.78 is 1.65. The van der Waals surface area contributed by atoms with Crippen molar-refractivity contribution in [1.29, 1.82) is 0 Å². The molecule has 18 heavy (non-hydrogen) atoms. The summed E-state index contributed by atoms with van der Waals surface area (Å²) in [5.74, 6) is 2.48. The van der Waals surface area contributed by atoms with Crippen LogP contribution >= 0.6 is 0 Å². The number of benzene rings is 1. The van der Waals surface area contributed by atoms with Crippen molar-refractivity contribution in [2.75, 3.05) is 20.2 Å². The maximum absolute atomic E-state index is 10.2. The number of terminal acetylenes is 1. The molecule has 0 radical (unpaired) electrons. The number of rotatable bonds is 5. The van der Waals surface area contributed by atoms with E-state index in [9.17, 15) is 5.11 Å². The molecular weight excluding hydrogens is 228 g/mol. The van der Waals surface area contributed by atoms with E-state index in [-0.39, 0.29) is 0 Å². The van der Waals surface area contributed by atoms with E-state index in [1.54, 1.807) is 18.0 Å². The van der Waals surface area contributed by atoms with E-state index in [4.69, 9.17) is 11.3 Å². The molecule has 0 amide bonds. The van der Waals surface area contributed by atoms with Gasteiger partial charge in [-0.05, 0) is 6.07 Å². The molecule has 0 fully saturated rings. The van der Waals surface area contributed by atoms with Gasteiger partial charge in [-0.2, -0.15) is 4.73 Å². The zero-order valence-corrected chi connectivity index (χ0v) is 10.3. The number of aliphatic hydroxyl groups excluding tert-OH is 1. The topological polar surface area (TPSA) is 46.4 Å². The smallest absolute Gasteiger partial charge is 0.104 e. The summed E-state index contributed by atoms with van der Waals surface area (Å²) in [7, 11) is 1.60. The molecule has 94 valence electrons. The molecule has 0 aliphatic rings. The van der Waals surface area contributed by atoms with Gasteiger partial charge in [0.05, 0.1) is 24.4 Å². The molecule has 0 saturated carbocycles. The molecule has 0 spiro atoms. The molecule has 0 aliphatic heterocycles. The Labute approximate surface area is 106 Å². The van der Waals surface area contributed by atoms with E-state index in [1.807, 2.05) is 24.3 Å². The van der Waals surface area contributed by atoms with Crippen LogP contribution in [0.3, 0.4) is 0 Å². The van der Waals surface area contributed by atoms with Crippen molar-refractivity contribution in [2.24, 2.45) is 0 Å². The first-order valence-corrected chi connectivity index (χ1v) is 5.74. The molecular formula is C14H16N2O2. The average Bonchev–Trinajstić information content (AvgIpc) is 2.78. The summed E-state index contributed by atoms with van der Waals surface area (Å²) in [6, 6.07) is 7.78. The number of aromatic nitrogens is 1. The molecule has 1 unspecified atom stereocenters. The van der Waals surface area contributed by atoms with E-state index >= 15 is 0 Å². The van der Waals surface area contributed by atoms with Crippen LogP contribution in [0, 0.1) is 12.3 Å². The van der Waals surface area contributed by atoms with Crippen molar-refractivity contribution < 1.29 is 9.94 Å². The maximum atomic E-state index is 10.2. The number of nitrogens with one attached hydrogen (secondary N) is 1. The van der Waals surface area contributed by atoms with Crippen LogP contribution in [0.25, 0.3) is 10.9 Å². The molecule has 0 saturated heterocycles. The first-order valence-electron chi connectivity index (χ1n) is 5.74. The predicted octanol–water partition coefficient (Wildman–Crippen LogP) is 0.956. The third-order valence-corrected chi connectivity index (χ3v) is 2.83. The zero-order chi connectivity index (χ0) is 13.0. The summed E-state index contributed by atoms with van der Waals surface area (Å²) in [5, 5.41) is 14.1. The molecule has 1 aromatic heterocycles. The number of nitrogens with zero attached hydrogens (tertiary/aromatic N) is 1. The van der Waals surface area contributed by atoms with Crippen LogP contribution in [0.2, 0.25) is 0 Å². The van der Waals surface area contributed by atoms with Crippen molar-refractivity contribution in [3.63, 3.8) is 0 Å². The second kappa shape index (κ2) is 5.58. The summed E-state index contributed by atoms with van der Waals surface area (Å²) in [6.07, 6.45) is 6.34. The minimum Gasteiger partial charge on any atom is -0.417 e. The van der Waals surface area contributed by atoms with Crippen LogP contribution in [0.4, 0.5) is 0 Å². The number of fused-ring (bicyclic) bond motifs is 1. The fourth-order valence-corrected chi connectivity index (χ4v) is 1.98. The average molecular weight is 244 g/mol. The van der Waals surface area contributed by atoms with Gasteiger partial charge < -0.3 is 15.3 Å². The Morgan fingerprint density at radius 3 is 3.00 bits per heavy atom. The van der Waals surface area contributed by atoms with Crippen molar-refractivity contribution in [3.05, 3.63) is 36.0 Å².